The zero-order valence-corrected chi connectivity index (χ0v) is 7.64. The third-order valence-corrected chi connectivity index (χ3v) is 2.17. The standard InChI is InChI=1S/C8H15ClO2/c1-2-7(9)11-8-5-3-4-6-10-8/h7-8H,2-6H2,1H3. The number of alkyl halides is 1. The Morgan fingerprint density at radius 3 is 3.00 bits per heavy atom. The predicted molar refractivity (Wildman–Crippen MR) is 44.6 cm³/mol. The Morgan fingerprint density at radius 2 is 2.45 bits per heavy atom. The van der Waals surface area contributed by atoms with Gasteiger partial charge in [0.25, 0.3) is 0 Å². The van der Waals surface area contributed by atoms with Crippen molar-refractivity contribution in [3.63, 3.8) is 0 Å². The highest BCUT2D eigenvalue weighted by Crippen LogP contribution is 2.17. The molecule has 66 valence electrons. The van der Waals surface area contributed by atoms with Crippen molar-refractivity contribution in [2.24, 2.45) is 0 Å². The monoisotopic (exact) mass is 178 g/mol. The van der Waals surface area contributed by atoms with Gasteiger partial charge in [0, 0.05) is 6.61 Å². The third kappa shape index (κ3) is 3.41. The molecule has 0 aromatic heterocycles. The lowest BCUT2D eigenvalue weighted by Crippen LogP contribution is -2.25. The van der Waals surface area contributed by atoms with Gasteiger partial charge < -0.3 is 9.47 Å². The molecule has 1 aliphatic heterocycles. The molecule has 1 heterocycles. The van der Waals surface area contributed by atoms with Gasteiger partial charge in [0.15, 0.2) is 6.29 Å². The van der Waals surface area contributed by atoms with Crippen molar-refractivity contribution < 1.29 is 9.47 Å². The van der Waals surface area contributed by atoms with Crippen LogP contribution in [0.2, 0.25) is 0 Å². The summed E-state index contributed by atoms with van der Waals surface area (Å²) in [5.74, 6) is 0. The summed E-state index contributed by atoms with van der Waals surface area (Å²) < 4.78 is 10.7. The summed E-state index contributed by atoms with van der Waals surface area (Å²) >= 11 is 5.80. The Balaban J connectivity index is 2.13. The lowest BCUT2D eigenvalue weighted by molar-refractivity contribution is -0.171. The molecule has 0 aliphatic carbocycles. The molecule has 0 saturated carbocycles. The second-order valence-electron chi connectivity index (χ2n) is 2.75. The molecule has 2 atom stereocenters. The van der Waals surface area contributed by atoms with Crippen LogP contribution in [0, 0.1) is 0 Å². The van der Waals surface area contributed by atoms with Gasteiger partial charge in [0.1, 0.15) is 5.56 Å². The molecule has 0 bridgehead atoms. The maximum atomic E-state index is 5.80. The third-order valence-electron chi connectivity index (χ3n) is 1.76. The highest BCUT2D eigenvalue weighted by molar-refractivity contribution is 6.19. The SMILES string of the molecule is CCC(Cl)OC1CCCCO1. The molecule has 0 aromatic carbocycles. The summed E-state index contributed by atoms with van der Waals surface area (Å²) in [5, 5.41) is 0. The minimum absolute atomic E-state index is 0.0498. The second kappa shape index (κ2) is 4.96. The molecule has 11 heavy (non-hydrogen) atoms. The molecule has 0 N–H and O–H groups in total. The summed E-state index contributed by atoms with van der Waals surface area (Å²) in [5.41, 5.74) is -0.182. The van der Waals surface area contributed by atoms with Crippen molar-refractivity contribution in [3.05, 3.63) is 0 Å². The fraction of sp³-hybridized carbons (Fsp3) is 1.00. The van der Waals surface area contributed by atoms with Crippen LogP contribution in [0.15, 0.2) is 0 Å². The molecule has 2 unspecified atom stereocenters. The first kappa shape index (κ1) is 9.30. The molecular weight excluding hydrogens is 164 g/mol. The highest BCUT2D eigenvalue weighted by Gasteiger charge is 2.16. The van der Waals surface area contributed by atoms with E-state index in [0.717, 1.165) is 25.9 Å². The van der Waals surface area contributed by atoms with Gasteiger partial charge in [-0.2, -0.15) is 0 Å². The zero-order valence-electron chi connectivity index (χ0n) is 6.88. The predicted octanol–water partition coefficient (Wildman–Crippen LogP) is 2.50. The average molecular weight is 179 g/mol. The Bertz CT molecular complexity index is 102. The Kier molecular flexibility index (Phi) is 4.20. The van der Waals surface area contributed by atoms with E-state index in [0.29, 0.717) is 0 Å². The first-order valence-corrected chi connectivity index (χ1v) is 4.67. The molecule has 1 rings (SSSR count). The molecule has 0 amide bonds. The summed E-state index contributed by atoms with van der Waals surface area (Å²) in [4.78, 5) is 0. The van der Waals surface area contributed by atoms with E-state index in [1.165, 1.54) is 6.42 Å². The fourth-order valence-corrected chi connectivity index (χ4v) is 1.19. The van der Waals surface area contributed by atoms with Gasteiger partial charge in [0.2, 0.25) is 0 Å². The number of halogens is 1. The molecule has 3 heteroatoms. The molecular formula is C8H15ClO2. The van der Waals surface area contributed by atoms with Crippen molar-refractivity contribution in [2.75, 3.05) is 6.61 Å². The minimum Gasteiger partial charge on any atom is -0.353 e. The molecule has 1 aliphatic rings. The first-order chi connectivity index (χ1) is 5.33. The van der Waals surface area contributed by atoms with Gasteiger partial charge in [-0.25, -0.2) is 0 Å². The molecule has 1 saturated heterocycles. The van der Waals surface area contributed by atoms with E-state index in [1.807, 2.05) is 6.92 Å². The summed E-state index contributed by atoms with van der Waals surface area (Å²) in [6, 6.07) is 0. The topological polar surface area (TPSA) is 18.5 Å². The lowest BCUT2D eigenvalue weighted by Gasteiger charge is -2.24. The van der Waals surface area contributed by atoms with Crippen molar-refractivity contribution in [2.45, 2.75) is 44.5 Å². The molecule has 2 nitrogen and oxygen atoms in total. The minimum atomic E-state index is -0.182. The fourth-order valence-electron chi connectivity index (χ4n) is 1.08. The van der Waals surface area contributed by atoms with Crippen LogP contribution in [-0.2, 0) is 9.47 Å². The smallest absolute Gasteiger partial charge is 0.159 e. The van der Waals surface area contributed by atoms with Crippen LogP contribution in [0.4, 0.5) is 0 Å². The van der Waals surface area contributed by atoms with Gasteiger partial charge in [-0.05, 0) is 25.7 Å². The number of rotatable bonds is 3. The quantitative estimate of drug-likeness (QED) is 0.619. The van der Waals surface area contributed by atoms with Crippen LogP contribution in [0.1, 0.15) is 32.6 Å². The van der Waals surface area contributed by atoms with Gasteiger partial charge >= 0.3 is 0 Å². The molecule has 0 aromatic rings. The largest absolute Gasteiger partial charge is 0.353 e. The van der Waals surface area contributed by atoms with Crippen molar-refractivity contribution in [1.29, 1.82) is 0 Å². The molecule has 0 radical (unpaired) electrons. The van der Waals surface area contributed by atoms with Crippen LogP contribution < -0.4 is 0 Å². The average Bonchev–Trinajstić information content (AvgIpc) is 2.06. The van der Waals surface area contributed by atoms with Gasteiger partial charge in [-0.1, -0.05) is 18.5 Å². The lowest BCUT2D eigenvalue weighted by atomic mass is 10.2. The van der Waals surface area contributed by atoms with E-state index < -0.39 is 0 Å². The summed E-state index contributed by atoms with van der Waals surface area (Å²) in [7, 11) is 0. The van der Waals surface area contributed by atoms with Crippen molar-refractivity contribution >= 4 is 11.6 Å². The molecule has 0 spiro atoms. The van der Waals surface area contributed by atoms with E-state index in [2.05, 4.69) is 0 Å². The van der Waals surface area contributed by atoms with Crippen LogP contribution in [0.25, 0.3) is 0 Å². The van der Waals surface area contributed by atoms with Crippen molar-refractivity contribution in [1.82, 2.24) is 0 Å². The number of hydrogen-bond donors (Lipinski definition) is 0. The van der Waals surface area contributed by atoms with Gasteiger partial charge in [-0.3, -0.25) is 0 Å². The van der Waals surface area contributed by atoms with Crippen molar-refractivity contribution in [3.8, 4) is 0 Å². The molecule has 1 fully saturated rings. The van der Waals surface area contributed by atoms with E-state index in [1.54, 1.807) is 0 Å². The highest BCUT2D eigenvalue weighted by atomic mass is 35.5. The van der Waals surface area contributed by atoms with Crippen LogP contribution in [0.5, 0.6) is 0 Å². The number of ether oxygens (including phenoxy) is 2. The van der Waals surface area contributed by atoms with E-state index >= 15 is 0 Å². The number of hydrogen-bond acceptors (Lipinski definition) is 2. The summed E-state index contributed by atoms with van der Waals surface area (Å²) in [6.45, 7) is 2.82. The van der Waals surface area contributed by atoms with E-state index in [-0.39, 0.29) is 11.9 Å². The maximum absolute atomic E-state index is 5.80. The normalized spacial score (nSPS) is 28.4. The van der Waals surface area contributed by atoms with Crippen LogP contribution in [0.3, 0.4) is 0 Å². The van der Waals surface area contributed by atoms with E-state index in [9.17, 15) is 0 Å². The van der Waals surface area contributed by atoms with Gasteiger partial charge in [0.05, 0.1) is 0 Å². The summed E-state index contributed by atoms with van der Waals surface area (Å²) in [6.07, 6.45) is 4.12. The first-order valence-electron chi connectivity index (χ1n) is 4.24. The Labute approximate surface area is 72.8 Å². The maximum Gasteiger partial charge on any atom is 0.159 e. The zero-order chi connectivity index (χ0) is 8.10. The Hall–Kier alpha value is 0.210. The van der Waals surface area contributed by atoms with Crippen LogP contribution >= 0.6 is 11.6 Å². The van der Waals surface area contributed by atoms with Crippen LogP contribution in [-0.4, -0.2) is 18.5 Å². The second-order valence-corrected chi connectivity index (χ2v) is 3.24. The van der Waals surface area contributed by atoms with Gasteiger partial charge in [-0.15, -0.1) is 0 Å². The van der Waals surface area contributed by atoms with E-state index in [4.69, 9.17) is 21.1 Å². The Morgan fingerprint density at radius 1 is 1.64 bits per heavy atom.